The van der Waals surface area contributed by atoms with Gasteiger partial charge in [0.25, 0.3) is 0 Å². The molecule has 0 aromatic heterocycles. The van der Waals surface area contributed by atoms with Crippen molar-refractivity contribution in [2.45, 2.75) is 25.3 Å². The lowest BCUT2D eigenvalue weighted by atomic mass is 9.97. The first-order valence-corrected chi connectivity index (χ1v) is 6.49. The molecule has 1 aliphatic rings. The SMILES string of the molecule is COC(=O)C1CCN(C(=O)NC(CC(N)=O)C(=O)O)CC1. The molecule has 3 amide bonds. The summed E-state index contributed by atoms with van der Waals surface area (Å²) in [6.45, 7) is 0.628. The van der Waals surface area contributed by atoms with Gasteiger partial charge in [-0.25, -0.2) is 9.59 Å². The Labute approximate surface area is 121 Å². The zero-order valence-corrected chi connectivity index (χ0v) is 11.7. The van der Waals surface area contributed by atoms with E-state index in [1.54, 1.807) is 0 Å². The molecule has 1 aliphatic heterocycles. The number of carbonyl (C=O) groups excluding carboxylic acids is 3. The predicted molar refractivity (Wildman–Crippen MR) is 70.1 cm³/mol. The molecule has 21 heavy (non-hydrogen) atoms. The maximum atomic E-state index is 11.9. The van der Waals surface area contributed by atoms with Crippen molar-refractivity contribution in [2.24, 2.45) is 11.7 Å². The fraction of sp³-hybridized carbons (Fsp3) is 0.667. The van der Waals surface area contributed by atoms with Crippen LogP contribution in [0.1, 0.15) is 19.3 Å². The minimum atomic E-state index is -1.35. The number of rotatable bonds is 5. The Morgan fingerprint density at radius 1 is 1.33 bits per heavy atom. The molecule has 4 N–H and O–H groups in total. The maximum Gasteiger partial charge on any atom is 0.326 e. The number of nitrogens with one attached hydrogen (secondary N) is 1. The van der Waals surface area contributed by atoms with Crippen LogP contribution < -0.4 is 11.1 Å². The van der Waals surface area contributed by atoms with E-state index in [4.69, 9.17) is 10.8 Å². The minimum absolute atomic E-state index is 0.250. The number of aliphatic carboxylic acids is 1. The first-order valence-electron chi connectivity index (χ1n) is 6.49. The molecule has 0 bridgehead atoms. The highest BCUT2D eigenvalue weighted by atomic mass is 16.5. The monoisotopic (exact) mass is 301 g/mol. The fourth-order valence-electron chi connectivity index (χ4n) is 2.13. The number of carbonyl (C=O) groups is 4. The molecule has 0 aromatic rings. The lowest BCUT2D eigenvalue weighted by Crippen LogP contribution is -2.51. The number of urea groups is 1. The zero-order chi connectivity index (χ0) is 16.0. The average molecular weight is 301 g/mol. The van der Waals surface area contributed by atoms with Gasteiger partial charge in [-0.15, -0.1) is 0 Å². The number of hydrogen-bond acceptors (Lipinski definition) is 5. The van der Waals surface area contributed by atoms with Crippen molar-refractivity contribution in [2.75, 3.05) is 20.2 Å². The van der Waals surface area contributed by atoms with Crippen LogP contribution in [-0.4, -0.2) is 60.1 Å². The number of amides is 3. The summed E-state index contributed by atoms with van der Waals surface area (Å²) in [5.74, 6) is -2.70. The summed E-state index contributed by atoms with van der Waals surface area (Å²) in [5.41, 5.74) is 4.93. The third-order valence-corrected chi connectivity index (χ3v) is 3.32. The van der Waals surface area contributed by atoms with Crippen molar-refractivity contribution >= 4 is 23.9 Å². The predicted octanol–water partition coefficient (Wildman–Crippen LogP) is -1.09. The first-order chi connectivity index (χ1) is 9.85. The van der Waals surface area contributed by atoms with E-state index < -0.39 is 30.4 Å². The lowest BCUT2D eigenvalue weighted by molar-refractivity contribution is -0.146. The molecule has 1 unspecified atom stereocenters. The number of primary amides is 1. The van der Waals surface area contributed by atoms with Gasteiger partial charge in [-0.1, -0.05) is 0 Å². The summed E-state index contributed by atoms with van der Waals surface area (Å²) in [7, 11) is 1.31. The summed E-state index contributed by atoms with van der Waals surface area (Å²) in [5, 5.41) is 11.2. The molecule has 0 spiro atoms. The number of esters is 1. The Bertz CT molecular complexity index is 431. The first kappa shape index (κ1) is 16.7. The number of likely N-dealkylation sites (tertiary alicyclic amines) is 1. The average Bonchev–Trinajstić information content (AvgIpc) is 2.45. The molecule has 1 atom stereocenters. The van der Waals surface area contributed by atoms with E-state index in [-0.39, 0.29) is 11.9 Å². The molecule has 0 saturated carbocycles. The largest absolute Gasteiger partial charge is 0.480 e. The van der Waals surface area contributed by atoms with Crippen molar-refractivity contribution in [1.82, 2.24) is 10.2 Å². The number of piperidine rings is 1. The van der Waals surface area contributed by atoms with Crippen molar-refractivity contribution in [3.63, 3.8) is 0 Å². The smallest absolute Gasteiger partial charge is 0.326 e. The molecule has 0 radical (unpaired) electrons. The van der Waals surface area contributed by atoms with Crippen LogP contribution in [0.2, 0.25) is 0 Å². The van der Waals surface area contributed by atoms with Gasteiger partial charge in [-0.2, -0.15) is 0 Å². The Hall–Kier alpha value is -2.32. The summed E-state index contributed by atoms with van der Waals surface area (Å²) in [6, 6.07) is -1.94. The molecule has 118 valence electrons. The number of methoxy groups -OCH3 is 1. The van der Waals surface area contributed by atoms with Crippen LogP contribution in [0, 0.1) is 5.92 Å². The second-order valence-electron chi connectivity index (χ2n) is 4.80. The van der Waals surface area contributed by atoms with Crippen molar-refractivity contribution < 1.29 is 29.0 Å². The number of carboxylic acids is 1. The number of carboxylic acid groups (broad SMARTS) is 1. The summed E-state index contributed by atoms with van der Waals surface area (Å²) >= 11 is 0. The van der Waals surface area contributed by atoms with Crippen LogP contribution in [0.5, 0.6) is 0 Å². The number of ether oxygens (including phenoxy) is 1. The Balaban J connectivity index is 2.51. The van der Waals surface area contributed by atoms with Gasteiger partial charge in [-0.3, -0.25) is 9.59 Å². The van der Waals surface area contributed by atoms with Crippen LogP contribution >= 0.6 is 0 Å². The lowest BCUT2D eigenvalue weighted by Gasteiger charge is -2.31. The van der Waals surface area contributed by atoms with E-state index in [0.717, 1.165) is 0 Å². The van der Waals surface area contributed by atoms with E-state index in [1.807, 2.05) is 0 Å². The van der Waals surface area contributed by atoms with Gasteiger partial charge in [0.15, 0.2) is 0 Å². The van der Waals surface area contributed by atoms with Crippen LogP contribution in [0.15, 0.2) is 0 Å². The van der Waals surface area contributed by atoms with Gasteiger partial charge < -0.3 is 25.8 Å². The van der Waals surface area contributed by atoms with Gasteiger partial charge in [0.2, 0.25) is 5.91 Å². The number of nitrogens with zero attached hydrogens (tertiary/aromatic N) is 1. The minimum Gasteiger partial charge on any atom is -0.480 e. The van der Waals surface area contributed by atoms with Gasteiger partial charge in [0.05, 0.1) is 19.4 Å². The highest BCUT2D eigenvalue weighted by Gasteiger charge is 2.30. The Kier molecular flexibility index (Phi) is 5.94. The molecule has 1 fully saturated rings. The quantitative estimate of drug-likeness (QED) is 0.551. The van der Waals surface area contributed by atoms with Crippen molar-refractivity contribution in [1.29, 1.82) is 0 Å². The normalized spacial score (nSPS) is 16.9. The molecule has 0 aromatic carbocycles. The van der Waals surface area contributed by atoms with E-state index in [9.17, 15) is 19.2 Å². The van der Waals surface area contributed by atoms with Gasteiger partial charge >= 0.3 is 18.0 Å². The molecule has 1 saturated heterocycles. The van der Waals surface area contributed by atoms with E-state index in [1.165, 1.54) is 12.0 Å². The second kappa shape index (κ2) is 7.46. The summed E-state index contributed by atoms with van der Waals surface area (Å²) in [4.78, 5) is 46.4. The second-order valence-corrected chi connectivity index (χ2v) is 4.80. The molecule has 1 rings (SSSR count). The standard InChI is InChI=1S/C12H19N3O6/c1-21-11(19)7-2-4-15(5-3-7)12(20)14-8(10(17)18)6-9(13)16/h7-8H,2-6H2,1H3,(H2,13,16)(H,14,20)(H,17,18). The van der Waals surface area contributed by atoms with E-state index in [2.05, 4.69) is 10.1 Å². The van der Waals surface area contributed by atoms with Gasteiger partial charge in [-0.05, 0) is 12.8 Å². The maximum absolute atomic E-state index is 11.9. The molecule has 1 heterocycles. The highest BCUT2D eigenvalue weighted by Crippen LogP contribution is 2.18. The number of nitrogens with two attached hydrogens (primary N) is 1. The summed E-state index contributed by atoms with van der Waals surface area (Å²) < 4.78 is 4.64. The third kappa shape index (κ3) is 4.93. The molecule has 0 aliphatic carbocycles. The van der Waals surface area contributed by atoms with Crippen molar-refractivity contribution in [3.8, 4) is 0 Å². The molecular weight excluding hydrogens is 282 g/mol. The molecule has 9 heteroatoms. The Morgan fingerprint density at radius 3 is 2.33 bits per heavy atom. The highest BCUT2D eigenvalue weighted by molar-refractivity contribution is 5.87. The van der Waals surface area contributed by atoms with Crippen LogP contribution in [-0.2, 0) is 19.1 Å². The van der Waals surface area contributed by atoms with Crippen LogP contribution in [0.4, 0.5) is 4.79 Å². The van der Waals surface area contributed by atoms with Crippen molar-refractivity contribution in [3.05, 3.63) is 0 Å². The zero-order valence-electron chi connectivity index (χ0n) is 11.7. The number of hydrogen-bond donors (Lipinski definition) is 3. The fourth-order valence-corrected chi connectivity index (χ4v) is 2.13. The topological polar surface area (TPSA) is 139 Å². The van der Waals surface area contributed by atoms with Crippen LogP contribution in [0.3, 0.4) is 0 Å². The Morgan fingerprint density at radius 2 is 1.90 bits per heavy atom. The van der Waals surface area contributed by atoms with E-state index in [0.29, 0.717) is 25.9 Å². The van der Waals surface area contributed by atoms with Crippen LogP contribution in [0.25, 0.3) is 0 Å². The summed E-state index contributed by atoms with van der Waals surface area (Å²) in [6.07, 6.45) is 0.432. The van der Waals surface area contributed by atoms with Gasteiger partial charge in [0, 0.05) is 13.1 Å². The van der Waals surface area contributed by atoms with E-state index >= 15 is 0 Å². The molecular formula is C12H19N3O6. The third-order valence-electron chi connectivity index (χ3n) is 3.32. The van der Waals surface area contributed by atoms with Gasteiger partial charge in [0.1, 0.15) is 6.04 Å². The molecule has 9 nitrogen and oxygen atoms in total.